The molecule has 0 atom stereocenters. The normalized spacial score (nSPS) is 10.0. The lowest BCUT2D eigenvalue weighted by molar-refractivity contribution is 0.271. The van der Waals surface area contributed by atoms with Gasteiger partial charge in [-0.05, 0) is 25.1 Å². The maximum Gasteiger partial charge on any atom is 0.149 e. The van der Waals surface area contributed by atoms with Crippen LogP contribution in [0.3, 0.4) is 0 Å². The smallest absolute Gasteiger partial charge is 0.149 e. The SMILES string of the molecule is CC#CCOc1ccc2c(cnn2CCO)c1. The lowest BCUT2D eigenvalue weighted by Crippen LogP contribution is -2.03. The molecule has 1 heterocycles. The van der Waals surface area contributed by atoms with Crippen LogP contribution in [0.5, 0.6) is 5.75 Å². The molecule has 0 saturated heterocycles. The molecule has 0 unspecified atom stereocenters. The average molecular weight is 230 g/mol. The van der Waals surface area contributed by atoms with Crippen molar-refractivity contribution in [3.8, 4) is 17.6 Å². The Bertz CT molecular complexity index is 564. The summed E-state index contributed by atoms with van der Waals surface area (Å²) in [6.07, 6.45) is 1.77. The van der Waals surface area contributed by atoms with Crippen molar-refractivity contribution in [1.29, 1.82) is 0 Å². The lowest BCUT2D eigenvalue weighted by Gasteiger charge is -2.03. The Kier molecular flexibility index (Phi) is 3.63. The quantitative estimate of drug-likeness (QED) is 0.808. The summed E-state index contributed by atoms with van der Waals surface area (Å²) in [7, 11) is 0. The number of hydrogen-bond donors (Lipinski definition) is 1. The molecule has 4 heteroatoms. The predicted octanol–water partition coefficient (Wildman–Crippen LogP) is 1.43. The van der Waals surface area contributed by atoms with E-state index in [1.54, 1.807) is 17.8 Å². The first-order valence-electron chi connectivity index (χ1n) is 5.44. The van der Waals surface area contributed by atoms with Crippen LogP contribution < -0.4 is 4.74 Å². The second kappa shape index (κ2) is 5.37. The first kappa shape index (κ1) is 11.5. The second-order valence-electron chi connectivity index (χ2n) is 3.53. The lowest BCUT2D eigenvalue weighted by atomic mass is 10.2. The largest absolute Gasteiger partial charge is 0.481 e. The molecule has 88 valence electrons. The van der Waals surface area contributed by atoms with Gasteiger partial charge in [0.25, 0.3) is 0 Å². The fraction of sp³-hybridized carbons (Fsp3) is 0.308. The van der Waals surface area contributed by atoms with E-state index >= 15 is 0 Å². The first-order chi connectivity index (χ1) is 8.35. The number of aromatic nitrogens is 2. The van der Waals surface area contributed by atoms with Crippen molar-refractivity contribution >= 4 is 10.9 Å². The van der Waals surface area contributed by atoms with Gasteiger partial charge < -0.3 is 9.84 Å². The van der Waals surface area contributed by atoms with E-state index in [1.807, 2.05) is 18.2 Å². The number of rotatable bonds is 4. The van der Waals surface area contributed by atoms with Crippen molar-refractivity contribution in [3.63, 3.8) is 0 Å². The highest BCUT2D eigenvalue weighted by Gasteiger charge is 2.03. The highest BCUT2D eigenvalue weighted by Crippen LogP contribution is 2.20. The zero-order valence-corrected chi connectivity index (χ0v) is 9.68. The Morgan fingerprint density at radius 2 is 2.35 bits per heavy atom. The summed E-state index contributed by atoms with van der Waals surface area (Å²) < 4.78 is 7.23. The molecule has 0 fully saturated rings. The molecular weight excluding hydrogens is 216 g/mol. The Hall–Kier alpha value is -1.99. The van der Waals surface area contributed by atoms with Crippen LogP contribution in [0.1, 0.15) is 6.92 Å². The standard InChI is InChI=1S/C13H14N2O2/c1-2-3-8-17-12-4-5-13-11(9-12)10-14-15(13)6-7-16/h4-5,9-10,16H,6-8H2,1H3. The van der Waals surface area contributed by atoms with Gasteiger partial charge in [0.2, 0.25) is 0 Å². The molecule has 0 aliphatic rings. The van der Waals surface area contributed by atoms with Crippen molar-refractivity contribution in [2.75, 3.05) is 13.2 Å². The number of fused-ring (bicyclic) bond motifs is 1. The fourth-order valence-electron chi connectivity index (χ4n) is 1.62. The maximum absolute atomic E-state index is 8.89. The van der Waals surface area contributed by atoms with E-state index in [9.17, 15) is 0 Å². The minimum Gasteiger partial charge on any atom is -0.481 e. The van der Waals surface area contributed by atoms with Gasteiger partial charge in [-0.3, -0.25) is 4.68 Å². The van der Waals surface area contributed by atoms with Crippen LogP contribution in [0.15, 0.2) is 24.4 Å². The minimum atomic E-state index is 0.0844. The van der Waals surface area contributed by atoms with E-state index in [0.29, 0.717) is 13.2 Å². The van der Waals surface area contributed by atoms with Crippen molar-refractivity contribution in [2.45, 2.75) is 13.5 Å². The molecule has 0 aliphatic heterocycles. The summed E-state index contributed by atoms with van der Waals surface area (Å²) in [5.41, 5.74) is 0.993. The number of hydrogen-bond acceptors (Lipinski definition) is 3. The van der Waals surface area contributed by atoms with E-state index in [1.165, 1.54) is 0 Å². The summed E-state index contributed by atoms with van der Waals surface area (Å²) >= 11 is 0. The highest BCUT2D eigenvalue weighted by molar-refractivity contribution is 5.80. The summed E-state index contributed by atoms with van der Waals surface area (Å²) in [6.45, 7) is 2.77. The molecule has 0 amide bonds. The van der Waals surface area contributed by atoms with Crippen LogP contribution in [0.4, 0.5) is 0 Å². The van der Waals surface area contributed by atoms with Gasteiger partial charge in [-0.1, -0.05) is 5.92 Å². The Balaban J connectivity index is 2.22. The molecule has 1 aromatic heterocycles. The van der Waals surface area contributed by atoms with Gasteiger partial charge in [0.05, 0.1) is 24.9 Å². The highest BCUT2D eigenvalue weighted by atomic mass is 16.5. The molecule has 0 saturated carbocycles. The van der Waals surface area contributed by atoms with Gasteiger partial charge in [0.1, 0.15) is 12.4 Å². The molecule has 2 rings (SSSR count). The van der Waals surface area contributed by atoms with Crippen LogP contribution in [0, 0.1) is 11.8 Å². The number of aliphatic hydroxyl groups is 1. The number of nitrogens with zero attached hydrogens (tertiary/aromatic N) is 2. The summed E-state index contributed by atoms with van der Waals surface area (Å²) in [5.74, 6) is 6.40. The molecule has 0 spiro atoms. The van der Waals surface area contributed by atoms with Crippen LogP contribution in [-0.2, 0) is 6.54 Å². The van der Waals surface area contributed by atoms with Gasteiger partial charge in [-0.2, -0.15) is 5.10 Å². The Morgan fingerprint density at radius 1 is 1.47 bits per heavy atom. The van der Waals surface area contributed by atoms with E-state index in [2.05, 4.69) is 16.9 Å². The average Bonchev–Trinajstić information content (AvgIpc) is 2.73. The van der Waals surface area contributed by atoms with Gasteiger partial charge in [0.15, 0.2) is 0 Å². The van der Waals surface area contributed by atoms with E-state index in [0.717, 1.165) is 16.7 Å². The van der Waals surface area contributed by atoms with E-state index in [4.69, 9.17) is 9.84 Å². The monoisotopic (exact) mass is 230 g/mol. The first-order valence-corrected chi connectivity index (χ1v) is 5.44. The molecule has 1 N–H and O–H groups in total. The topological polar surface area (TPSA) is 47.3 Å². The molecular formula is C13H14N2O2. The van der Waals surface area contributed by atoms with Crippen LogP contribution in [0.25, 0.3) is 10.9 Å². The maximum atomic E-state index is 8.89. The Morgan fingerprint density at radius 3 is 3.12 bits per heavy atom. The molecule has 0 bridgehead atoms. The molecule has 17 heavy (non-hydrogen) atoms. The number of aliphatic hydroxyl groups excluding tert-OH is 1. The summed E-state index contributed by atoms with van der Waals surface area (Å²) in [4.78, 5) is 0. The molecule has 2 aromatic rings. The summed E-state index contributed by atoms with van der Waals surface area (Å²) in [6, 6.07) is 5.75. The third kappa shape index (κ3) is 2.58. The van der Waals surface area contributed by atoms with E-state index in [-0.39, 0.29) is 6.61 Å². The Labute approximate surface area is 99.8 Å². The van der Waals surface area contributed by atoms with Gasteiger partial charge >= 0.3 is 0 Å². The van der Waals surface area contributed by atoms with Gasteiger partial charge in [-0.15, -0.1) is 5.92 Å². The van der Waals surface area contributed by atoms with Crippen molar-refractivity contribution < 1.29 is 9.84 Å². The van der Waals surface area contributed by atoms with Crippen LogP contribution >= 0.6 is 0 Å². The van der Waals surface area contributed by atoms with Crippen molar-refractivity contribution in [3.05, 3.63) is 24.4 Å². The van der Waals surface area contributed by atoms with Crippen LogP contribution in [0.2, 0.25) is 0 Å². The molecule has 4 nitrogen and oxygen atoms in total. The summed E-state index contributed by atoms with van der Waals surface area (Å²) in [5, 5.41) is 14.1. The fourth-order valence-corrected chi connectivity index (χ4v) is 1.62. The zero-order valence-electron chi connectivity index (χ0n) is 9.68. The van der Waals surface area contributed by atoms with Crippen molar-refractivity contribution in [2.24, 2.45) is 0 Å². The van der Waals surface area contributed by atoms with Gasteiger partial charge in [-0.25, -0.2) is 0 Å². The third-order valence-corrected chi connectivity index (χ3v) is 2.41. The molecule has 0 radical (unpaired) electrons. The molecule has 1 aromatic carbocycles. The minimum absolute atomic E-state index is 0.0844. The number of benzene rings is 1. The predicted molar refractivity (Wildman–Crippen MR) is 65.8 cm³/mol. The van der Waals surface area contributed by atoms with Crippen LogP contribution in [-0.4, -0.2) is 28.1 Å². The number of ether oxygens (including phenoxy) is 1. The second-order valence-corrected chi connectivity index (χ2v) is 3.53. The zero-order chi connectivity index (χ0) is 12.1. The van der Waals surface area contributed by atoms with Gasteiger partial charge in [0, 0.05) is 5.39 Å². The van der Waals surface area contributed by atoms with E-state index < -0.39 is 0 Å². The molecule has 0 aliphatic carbocycles. The van der Waals surface area contributed by atoms with Crippen molar-refractivity contribution in [1.82, 2.24) is 9.78 Å². The third-order valence-electron chi connectivity index (χ3n) is 2.41.